The van der Waals surface area contributed by atoms with Crippen LogP contribution < -0.4 is 4.74 Å². The number of para-hydroxylation sites is 2. The summed E-state index contributed by atoms with van der Waals surface area (Å²) in [6.45, 7) is 11.4. The summed E-state index contributed by atoms with van der Waals surface area (Å²) in [5.74, 6) is 1.94. The van der Waals surface area contributed by atoms with E-state index in [2.05, 4.69) is 25.7 Å². The molecule has 1 heterocycles. The fourth-order valence-electron chi connectivity index (χ4n) is 3.92. The molecule has 0 aliphatic rings. The Balaban J connectivity index is 1.99. The summed E-state index contributed by atoms with van der Waals surface area (Å²) >= 11 is 0. The number of rotatable bonds is 13. The highest BCUT2D eigenvalue weighted by Gasteiger charge is 2.24. The first-order valence-corrected chi connectivity index (χ1v) is 11.9. The van der Waals surface area contributed by atoms with Gasteiger partial charge in [-0.2, -0.15) is 5.10 Å². The Morgan fingerprint density at radius 1 is 0.970 bits per heavy atom. The fraction of sp³-hybridized carbons (Fsp3) is 0.444. The lowest BCUT2D eigenvalue weighted by atomic mass is 10.1. The van der Waals surface area contributed by atoms with Crippen LogP contribution in [0, 0.1) is 5.92 Å². The highest BCUT2D eigenvalue weighted by atomic mass is 16.5. The molecule has 2 aromatic carbocycles. The molecule has 0 aliphatic carbocycles. The number of hydrogen-bond acceptors (Lipinski definition) is 5. The van der Waals surface area contributed by atoms with Gasteiger partial charge in [0.1, 0.15) is 5.75 Å². The van der Waals surface area contributed by atoms with Crippen LogP contribution in [0.25, 0.3) is 5.69 Å². The van der Waals surface area contributed by atoms with Crippen molar-refractivity contribution in [1.82, 2.24) is 14.7 Å². The molecule has 3 rings (SSSR count). The highest BCUT2D eigenvalue weighted by Crippen LogP contribution is 2.32. The minimum atomic E-state index is -0.545. The first kappa shape index (κ1) is 25.0. The van der Waals surface area contributed by atoms with Gasteiger partial charge >= 0.3 is 0 Å². The summed E-state index contributed by atoms with van der Waals surface area (Å²) in [4.78, 5) is 2.28. The maximum absolute atomic E-state index is 10.5. The molecule has 0 fully saturated rings. The second-order valence-electron chi connectivity index (χ2n) is 8.65. The SMILES string of the molecule is CCOC[C@@H](O)CN(Cc1c(CC)nn(-c2ccccc2)c1Oc1ccccc1)CC(C)C. The van der Waals surface area contributed by atoms with Gasteiger partial charge < -0.3 is 14.6 Å². The number of hydrogen-bond donors (Lipinski definition) is 1. The molecule has 178 valence electrons. The smallest absolute Gasteiger partial charge is 0.227 e. The molecule has 1 aromatic heterocycles. The minimum absolute atomic E-state index is 0.336. The van der Waals surface area contributed by atoms with E-state index in [1.807, 2.05) is 72.3 Å². The van der Waals surface area contributed by atoms with Gasteiger partial charge in [-0.1, -0.05) is 57.2 Å². The Morgan fingerprint density at radius 2 is 1.64 bits per heavy atom. The number of aliphatic hydroxyl groups is 1. The van der Waals surface area contributed by atoms with Crippen molar-refractivity contribution < 1.29 is 14.6 Å². The lowest BCUT2D eigenvalue weighted by Gasteiger charge is -2.27. The van der Waals surface area contributed by atoms with Crippen LogP contribution in [-0.4, -0.2) is 52.2 Å². The monoisotopic (exact) mass is 451 g/mol. The standard InChI is InChI=1S/C27H37N3O3/c1-5-26-25(19-29(17-21(3)4)18-23(31)20-32-6-2)27(33-24-15-11-8-12-16-24)30(28-26)22-13-9-7-10-14-22/h7-16,21,23,31H,5-6,17-20H2,1-4H3/t23-/m0/s1. The van der Waals surface area contributed by atoms with E-state index in [-0.39, 0.29) is 0 Å². The molecule has 6 heteroatoms. The molecule has 0 saturated carbocycles. The van der Waals surface area contributed by atoms with E-state index >= 15 is 0 Å². The van der Waals surface area contributed by atoms with Crippen molar-refractivity contribution in [2.24, 2.45) is 5.92 Å². The van der Waals surface area contributed by atoms with Crippen molar-refractivity contribution in [3.05, 3.63) is 71.9 Å². The third kappa shape index (κ3) is 7.16. The lowest BCUT2D eigenvalue weighted by Crippen LogP contribution is -2.37. The van der Waals surface area contributed by atoms with E-state index in [0.29, 0.717) is 32.2 Å². The summed E-state index contributed by atoms with van der Waals surface area (Å²) in [6.07, 6.45) is 0.244. The molecule has 0 aliphatic heterocycles. The average Bonchev–Trinajstić information content (AvgIpc) is 3.15. The van der Waals surface area contributed by atoms with E-state index in [1.54, 1.807) is 0 Å². The van der Waals surface area contributed by atoms with Gasteiger partial charge in [-0.25, -0.2) is 4.68 Å². The largest absolute Gasteiger partial charge is 0.439 e. The first-order valence-electron chi connectivity index (χ1n) is 11.9. The van der Waals surface area contributed by atoms with Gasteiger partial charge in [0.05, 0.1) is 29.7 Å². The van der Waals surface area contributed by atoms with Crippen LogP contribution in [-0.2, 0) is 17.7 Å². The fourth-order valence-corrected chi connectivity index (χ4v) is 3.92. The third-order valence-corrected chi connectivity index (χ3v) is 5.30. The molecule has 1 atom stereocenters. The third-order valence-electron chi connectivity index (χ3n) is 5.30. The number of aromatic nitrogens is 2. The van der Waals surface area contributed by atoms with Crippen LogP contribution >= 0.6 is 0 Å². The highest BCUT2D eigenvalue weighted by molar-refractivity contribution is 5.43. The zero-order valence-corrected chi connectivity index (χ0v) is 20.3. The van der Waals surface area contributed by atoms with Gasteiger partial charge in [0.25, 0.3) is 0 Å². The predicted octanol–water partition coefficient (Wildman–Crippen LogP) is 5.08. The van der Waals surface area contributed by atoms with Gasteiger partial charge in [0.2, 0.25) is 5.88 Å². The van der Waals surface area contributed by atoms with E-state index < -0.39 is 6.10 Å². The number of ether oxygens (including phenoxy) is 2. The molecule has 0 saturated heterocycles. The zero-order valence-electron chi connectivity index (χ0n) is 20.3. The van der Waals surface area contributed by atoms with E-state index in [1.165, 1.54) is 0 Å². The van der Waals surface area contributed by atoms with Gasteiger partial charge in [-0.05, 0) is 43.5 Å². The van der Waals surface area contributed by atoms with Crippen LogP contribution in [0.2, 0.25) is 0 Å². The summed E-state index contributed by atoms with van der Waals surface area (Å²) in [6, 6.07) is 19.9. The molecule has 6 nitrogen and oxygen atoms in total. The quantitative estimate of drug-likeness (QED) is 0.393. The van der Waals surface area contributed by atoms with Crippen molar-refractivity contribution in [3.8, 4) is 17.3 Å². The van der Waals surface area contributed by atoms with Crippen LogP contribution in [0.1, 0.15) is 39.0 Å². The van der Waals surface area contributed by atoms with Gasteiger partial charge in [-0.3, -0.25) is 4.90 Å². The predicted molar refractivity (Wildman–Crippen MR) is 132 cm³/mol. The average molecular weight is 452 g/mol. The minimum Gasteiger partial charge on any atom is -0.439 e. The Bertz CT molecular complexity index is 958. The molecule has 0 spiro atoms. The van der Waals surface area contributed by atoms with Crippen LogP contribution in [0.3, 0.4) is 0 Å². The number of nitrogens with zero attached hydrogens (tertiary/aromatic N) is 3. The van der Waals surface area contributed by atoms with Crippen molar-refractivity contribution in [3.63, 3.8) is 0 Å². The second-order valence-corrected chi connectivity index (χ2v) is 8.65. The molecule has 33 heavy (non-hydrogen) atoms. The zero-order chi connectivity index (χ0) is 23.6. The first-order chi connectivity index (χ1) is 16.0. The van der Waals surface area contributed by atoms with Crippen LogP contribution in [0.4, 0.5) is 0 Å². The Morgan fingerprint density at radius 3 is 2.24 bits per heavy atom. The van der Waals surface area contributed by atoms with Crippen LogP contribution in [0.5, 0.6) is 11.6 Å². The second kappa shape index (κ2) is 12.5. The summed E-state index contributed by atoms with van der Waals surface area (Å²) < 4.78 is 13.8. The van der Waals surface area contributed by atoms with Gasteiger partial charge in [0.15, 0.2) is 0 Å². The number of aryl methyl sites for hydroxylation is 1. The Labute approximate surface area is 197 Å². The molecule has 1 N–H and O–H groups in total. The normalized spacial score (nSPS) is 12.5. The van der Waals surface area contributed by atoms with Crippen molar-refractivity contribution in [2.45, 2.75) is 46.8 Å². The van der Waals surface area contributed by atoms with Crippen LogP contribution in [0.15, 0.2) is 60.7 Å². The number of aliphatic hydroxyl groups excluding tert-OH is 1. The summed E-state index contributed by atoms with van der Waals surface area (Å²) in [7, 11) is 0. The molecule has 0 unspecified atom stereocenters. The Hall–Kier alpha value is -2.67. The number of benzene rings is 2. The molecule has 0 bridgehead atoms. The molecular weight excluding hydrogens is 414 g/mol. The van der Waals surface area contributed by atoms with E-state index in [9.17, 15) is 5.11 Å². The molecular formula is C27H37N3O3. The molecule has 0 amide bonds. The molecule has 0 radical (unpaired) electrons. The topological polar surface area (TPSA) is 59.8 Å². The van der Waals surface area contributed by atoms with Crippen molar-refractivity contribution in [1.29, 1.82) is 0 Å². The van der Waals surface area contributed by atoms with Crippen molar-refractivity contribution in [2.75, 3.05) is 26.3 Å². The van der Waals surface area contributed by atoms with E-state index in [0.717, 1.165) is 41.5 Å². The summed E-state index contributed by atoms with van der Waals surface area (Å²) in [5.41, 5.74) is 3.00. The Kier molecular flexibility index (Phi) is 9.48. The van der Waals surface area contributed by atoms with Gasteiger partial charge in [-0.15, -0.1) is 0 Å². The maximum Gasteiger partial charge on any atom is 0.227 e. The van der Waals surface area contributed by atoms with Crippen molar-refractivity contribution >= 4 is 0 Å². The molecule has 3 aromatic rings. The lowest BCUT2D eigenvalue weighted by molar-refractivity contribution is 0.0173. The van der Waals surface area contributed by atoms with Gasteiger partial charge in [0, 0.05) is 26.2 Å². The van der Waals surface area contributed by atoms with E-state index in [4.69, 9.17) is 14.6 Å². The maximum atomic E-state index is 10.5. The summed E-state index contributed by atoms with van der Waals surface area (Å²) in [5, 5.41) is 15.5.